The number of ether oxygens (including phenoxy) is 1. The summed E-state index contributed by atoms with van der Waals surface area (Å²) in [5, 5.41) is 0. The lowest BCUT2D eigenvalue weighted by molar-refractivity contribution is -0.140. The molecule has 2 atom stereocenters. The Bertz CT molecular complexity index is 425. The minimum atomic E-state index is -3.50. The van der Waals surface area contributed by atoms with Gasteiger partial charge in [-0.25, -0.2) is 4.72 Å². The first-order valence-electron chi connectivity index (χ1n) is 7.63. The number of rotatable bonds is 8. The van der Waals surface area contributed by atoms with E-state index < -0.39 is 16.2 Å². The Labute approximate surface area is 128 Å². The lowest BCUT2D eigenvalue weighted by Gasteiger charge is -2.27. The van der Waals surface area contributed by atoms with Crippen LogP contribution in [-0.4, -0.2) is 45.9 Å². The molecule has 1 aliphatic carbocycles. The van der Waals surface area contributed by atoms with Crippen LogP contribution in [0.3, 0.4) is 0 Å². The number of carbonyl (C=O) groups excluding carboxylic acids is 1. The molecular formula is C14H28N2O4S. The molecule has 6 nitrogen and oxygen atoms in total. The molecule has 0 aromatic heterocycles. The molecule has 124 valence electrons. The molecule has 0 aliphatic heterocycles. The molecule has 0 spiro atoms. The first-order valence-corrected chi connectivity index (χ1v) is 9.07. The highest BCUT2D eigenvalue weighted by molar-refractivity contribution is 7.87. The van der Waals surface area contributed by atoms with Crippen molar-refractivity contribution in [1.29, 1.82) is 0 Å². The van der Waals surface area contributed by atoms with E-state index in [-0.39, 0.29) is 13.0 Å². The normalized spacial score (nSPS) is 23.2. The summed E-state index contributed by atoms with van der Waals surface area (Å²) in [5.41, 5.74) is 0. The third-order valence-corrected chi connectivity index (χ3v) is 5.72. The maximum absolute atomic E-state index is 12.0. The molecule has 1 rings (SSSR count). The average Bonchev–Trinajstić information content (AvgIpc) is 2.44. The highest BCUT2D eigenvalue weighted by Gasteiger charge is 2.21. The molecule has 1 fully saturated rings. The zero-order valence-corrected chi connectivity index (χ0v) is 14.1. The van der Waals surface area contributed by atoms with E-state index in [1.54, 1.807) is 0 Å². The largest absolute Gasteiger partial charge is 0.469 e. The molecule has 0 bridgehead atoms. The predicted molar refractivity (Wildman–Crippen MR) is 81.9 cm³/mol. The fourth-order valence-corrected chi connectivity index (χ4v) is 3.72. The van der Waals surface area contributed by atoms with Crippen LogP contribution < -0.4 is 4.72 Å². The molecule has 21 heavy (non-hydrogen) atoms. The molecule has 1 N–H and O–H groups in total. The van der Waals surface area contributed by atoms with Crippen molar-refractivity contribution in [3.63, 3.8) is 0 Å². The maximum atomic E-state index is 12.0. The zero-order valence-electron chi connectivity index (χ0n) is 13.3. The van der Waals surface area contributed by atoms with Crippen molar-refractivity contribution in [1.82, 2.24) is 9.03 Å². The van der Waals surface area contributed by atoms with Gasteiger partial charge in [-0.2, -0.15) is 12.7 Å². The van der Waals surface area contributed by atoms with Gasteiger partial charge in [-0.3, -0.25) is 4.79 Å². The topological polar surface area (TPSA) is 75.7 Å². The van der Waals surface area contributed by atoms with Gasteiger partial charge in [0.05, 0.1) is 13.5 Å². The van der Waals surface area contributed by atoms with Gasteiger partial charge >= 0.3 is 5.97 Å². The fourth-order valence-electron chi connectivity index (χ4n) is 2.80. The van der Waals surface area contributed by atoms with E-state index in [4.69, 9.17) is 0 Å². The lowest BCUT2D eigenvalue weighted by Crippen LogP contribution is -2.40. The fraction of sp³-hybridized carbons (Fsp3) is 0.929. The van der Waals surface area contributed by atoms with Crippen molar-refractivity contribution in [2.75, 3.05) is 27.2 Å². The molecule has 7 heteroatoms. The van der Waals surface area contributed by atoms with Crippen LogP contribution in [0.15, 0.2) is 0 Å². The Morgan fingerprint density at radius 2 is 2.10 bits per heavy atom. The number of carbonyl (C=O) groups is 1. The Morgan fingerprint density at radius 3 is 2.71 bits per heavy atom. The van der Waals surface area contributed by atoms with Gasteiger partial charge in [0.25, 0.3) is 10.2 Å². The number of hydrogen-bond acceptors (Lipinski definition) is 4. The Morgan fingerprint density at radius 1 is 1.38 bits per heavy atom. The SMILES string of the molecule is COC(=O)CCN(C)S(=O)(=O)NCCC1CCCC(C)C1. The summed E-state index contributed by atoms with van der Waals surface area (Å²) in [6.45, 7) is 2.85. The van der Waals surface area contributed by atoms with Crippen molar-refractivity contribution in [2.24, 2.45) is 11.8 Å². The number of esters is 1. The van der Waals surface area contributed by atoms with Gasteiger partial charge in [0, 0.05) is 20.1 Å². The average molecular weight is 320 g/mol. The standard InChI is InChI=1S/C14H28N2O4S/c1-12-5-4-6-13(11-12)7-9-15-21(18,19)16(2)10-8-14(17)20-3/h12-13,15H,4-11H2,1-3H3. The van der Waals surface area contributed by atoms with Crippen LogP contribution in [-0.2, 0) is 19.7 Å². The van der Waals surface area contributed by atoms with Crippen molar-refractivity contribution in [2.45, 2.75) is 45.4 Å². The Kier molecular flexibility index (Phi) is 7.62. The summed E-state index contributed by atoms with van der Waals surface area (Å²) in [4.78, 5) is 11.0. The van der Waals surface area contributed by atoms with Gasteiger partial charge in [-0.15, -0.1) is 0 Å². The Balaban J connectivity index is 2.29. The molecule has 0 aromatic carbocycles. The molecule has 0 saturated heterocycles. The van der Waals surface area contributed by atoms with Crippen molar-refractivity contribution in [3.05, 3.63) is 0 Å². The summed E-state index contributed by atoms with van der Waals surface area (Å²) in [7, 11) is -0.745. The minimum absolute atomic E-state index is 0.0635. The van der Waals surface area contributed by atoms with Crippen LogP contribution in [0, 0.1) is 11.8 Å². The van der Waals surface area contributed by atoms with Crippen molar-refractivity contribution < 1.29 is 17.9 Å². The van der Waals surface area contributed by atoms with E-state index in [9.17, 15) is 13.2 Å². The molecule has 0 amide bonds. The van der Waals surface area contributed by atoms with Crippen LogP contribution in [0.5, 0.6) is 0 Å². The summed E-state index contributed by atoms with van der Waals surface area (Å²) in [6.07, 6.45) is 5.88. The molecule has 2 unspecified atom stereocenters. The molecule has 1 aliphatic rings. The van der Waals surface area contributed by atoms with Gasteiger partial charge < -0.3 is 4.74 Å². The predicted octanol–water partition coefficient (Wildman–Crippen LogP) is 1.53. The zero-order chi connectivity index (χ0) is 15.9. The number of nitrogens with one attached hydrogen (secondary N) is 1. The van der Waals surface area contributed by atoms with E-state index in [0.717, 1.165) is 16.6 Å². The maximum Gasteiger partial charge on any atom is 0.306 e. The molecule has 1 saturated carbocycles. The van der Waals surface area contributed by atoms with Crippen molar-refractivity contribution >= 4 is 16.2 Å². The second-order valence-corrected chi connectivity index (χ2v) is 7.84. The van der Waals surface area contributed by atoms with Gasteiger partial charge in [-0.1, -0.05) is 26.2 Å². The van der Waals surface area contributed by atoms with E-state index in [1.807, 2.05) is 0 Å². The van der Waals surface area contributed by atoms with E-state index in [1.165, 1.54) is 39.8 Å². The summed E-state index contributed by atoms with van der Waals surface area (Å²) in [6, 6.07) is 0. The third kappa shape index (κ3) is 6.76. The van der Waals surface area contributed by atoms with Crippen LogP contribution in [0.25, 0.3) is 0 Å². The first kappa shape index (κ1) is 18.4. The number of nitrogens with zero attached hydrogens (tertiary/aromatic N) is 1. The third-order valence-electron chi connectivity index (χ3n) is 4.15. The summed E-state index contributed by atoms with van der Waals surface area (Å²) in [5.74, 6) is 0.966. The Hall–Kier alpha value is -0.660. The quantitative estimate of drug-likeness (QED) is 0.688. The van der Waals surface area contributed by atoms with Crippen LogP contribution in [0.2, 0.25) is 0 Å². The van der Waals surface area contributed by atoms with Crippen LogP contribution in [0.4, 0.5) is 0 Å². The lowest BCUT2D eigenvalue weighted by atomic mass is 9.81. The molecule has 0 aromatic rings. The van der Waals surface area contributed by atoms with Crippen molar-refractivity contribution in [3.8, 4) is 0 Å². The highest BCUT2D eigenvalue weighted by atomic mass is 32.2. The van der Waals surface area contributed by atoms with Gasteiger partial charge in [-0.05, 0) is 24.7 Å². The van der Waals surface area contributed by atoms with E-state index in [0.29, 0.717) is 12.5 Å². The monoisotopic (exact) mass is 320 g/mol. The van der Waals surface area contributed by atoms with Crippen LogP contribution in [0.1, 0.15) is 45.4 Å². The van der Waals surface area contributed by atoms with Gasteiger partial charge in [0.15, 0.2) is 0 Å². The smallest absolute Gasteiger partial charge is 0.306 e. The second-order valence-electron chi connectivity index (χ2n) is 5.97. The molecule has 0 radical (unpaired) electrons. The first-order chi connectivity index (χ1) is 9.85. The highest BCUT2D eigenvalue weighted by Crippen LogP contribution is 2.30. The van der Waals surface area contributed by atoms with Gasteiger partial charge in [0.2, 0.25) is 0 Å². The molecule has 0 heterocycles. The number of hydrogen-bond donors (Lipinski definition) is 1. The summed E-state index contributed by atoms with van der Waals surface area (Å²) < 4.78 is 32.3. The molecular weight excluding hydrogens is 292 g/mol. The second kappa shape index (κ2) is 8.70. The number of methoxy groups -OCH3 is 1. The van der Waals surface area contributed by atoms with E-state index >= 15 is 0 Å². The van der Waals surface area contributed by atoms with E-state index in [2.05, 4.69) is 16.4 Å². The van der Waals surface area contributed by atoms with Gasteiger partial charge in [0.1, 0.15) is 0 Å². The van der Waals surface area contributed by atoms with Crippen LogP contribution >= 0.6 is 0 Å². The minimum Gasteiger partial charge on any atom is -0.469 e. The summed E-state index contributed by atoms with van der Waals surface area (Å²) >= 11 is 0.